The summed E-state index contributed by atoms with van der Waals surface area (Å²) in [6, 6.07) is 20.6. The normalized spacial score (nSPS) is 11.6. The Hall–Kier alpha value is -4.24. The topological polar surface area (TPSA) is 76.6 Å². The van der Waals surface area contributed by atoms with Crippen LogP contribution < -0.4 is 4.74 Å². The first-order valence-electron chi connectivity index (χ1n) is 10.7. The summed E-state index contributed by atoms with van der Waals surface area (Å²) in [6.45, 7) is 3.85. The summed E-state index contributed by atoms with van der Waals surface area (Å²) in [7, 11) is 3.55. The van der Waals surface area contributed by atoms with E-state index in [2.05, 4.69) is 28.2 Å². The summed E-state index contributed by atoms with van der Waals surface area (Å²) in [5.74, 6) is 0.575. The van der Waals surface area contributed by atoms with E-state index in [0.717, 1.165) is 49.8 Å². The highest BCUT2D eigenvalue weighted by molar-refractivity contribution is 6.12. The van der Waals surface area contributed by atoms with Crippen LogP contribution in [0.2, 0.25) is 0 Å². The van der Waals surface area contributed by atoms with Gasteiger partial charge in [-0.15, -0.1) is 0 Å². The van der Waals surface area contributed by atoms with Crippen molar-refractivity contribution in [2.45, 2.75) is 19.3 Å². The van der Waals surface area contributed by atoms with Crippen molar-refractivity contribution in [2.75, 3.05) is 7.11 Å². The molecule has 3 aromatic heterocycles. The van der Waals surface area contributed by atoms with Crippen LogP contribution in [-0.2, 0) is 12.5 Å². The molecule has 0 N–H and O–H groups in total. The van der Waals surface area contributed by atoms with Crippen LogP contribution in [0, 0.1) is 11.3 Å². The number of benzene rings is 2. The molecule has 5 rings (SSSR count). The maximum Gasteiger partial charge on any atom is 0.213 e. The van der Waals surface area contributed by atoms with Crippen LogP contribution in [0.4, 0.5) is 0 Å². The van der Waals surface area contributed by atoms with Crippen LogP contribution in [0.1, 0.15) is 19.4 Å². The van der Waals surface area contributed by atoms with Gasteiger partial charge in [0.2, 0.25) is 5.88 Å². The first kappa shape index (κ1) is 20.7. The molecule has 0 aliphatic heterocycles. The van der Waals surface area contributed by atoms with Crippen LogP contribution >= 0.6 is 0 Å². The van der Waals surface area contributed by atoms with Gasteiger partial charge < -0.3 is 4.74 Å². The van der Waals surface area contributed by atoms with E-state index in [1.54, 1.807) is 13.3 Å². The Morgan fingerprint density at radius 3 is 2.39 bits per heavy atom. The molecule has 0 radical (unpaired) electrons. The summed E-state index contributed by atoms with van der Waals surface area (Å²) in [6.07, 6.45) is 3.62. The lowest BCUT2D eigenvalue weighted by molar-refractivity contribution is 0.398. The van der Waals surface area contributed by atoms with Crippen molar-refractivity contribution in [2.24, 2.45) is 7.05 Å². The predicted octanol–water partition coefficient (Wildman–Crippen LogP) is 5.66. The highest BCUT2D eigenvalue weighted by Crippen LogP contribution is 2.36. The molecule has 0 aliphatic rings. The predicted molar refractivity (Wildman–Crippen MR) is 130 cm³/mol. The van der Waals surface area contributed by atoms with Gasteiger partial charge in [-0.1, -0.05) is 30.3 Å². The molecule has 0 bridgehead atoms. The largest absolute Gasteiger partial charge is 0.481 e. The molecule has 5 aromatic rings. The smallest absolute Gasteiger partial charge is 0.213 e. The number of pyridine rings is 2. The van der Waals surface area contributed by atoms with Crippen LogP contribution in [0.5, 0.6) is 5.88 Å². The van der Waals surface area contributed by atoms with Gasteiger partial charge in [0.1, 0.15) is 5.69 Å². The van der Waals surface area contributed by atoms with Crippen molar-refractivity contribution in [3.63, 3.8) is 0 Å². The average molecular weight is 434 g/mol. The molecular weight excluding hydrogens is 410 g/mol. The molecule has 0 amide bonds. The third-order valence-electron chi connectivity index (χ3n) is 6.12. The van der Waals surface area contributed by atoms with E-state index in [-0.39, 0.29) is 0 Å². The van der Waals surface area contributed by atoms with E-state index in [9.17, 15) is 5.26 Å². The molecule has 3 heterocycles. The van der Waals surface area contributed by atoms with E-state index < -0.39 is 5.41 Å². The van der Waals surface area contributed by atoms with Gasteiger partial charge in [0.05, 0.1) is 35.8 Å². The fraction of sp³-hybridized carbons (Fsp3) is 0.185. The molecule has 162 valence electrons. The number of aryl methyl sites for hydroxylation is 1. The molecular formula is C27H23N5O. The van der Waals surface area contributed by atoms with Crippen molar-refractivity contribution < 1.29 is 4.74 Å². The fourth-order valence-corrected chi connectivity index (χ4v) is 4.12. The number of hydrogen-bond acceptors (Lipinski definition) is 5. The van der Waals surface area contributed by atoms with Gasteiger partial charge in [-0.2, -0.15) is 10.4 Å². The quantitative estimate of drug-likeness (QED) is 0.365. The summed E-state index contributed by atoms with van der Waals surface area (Å²) in [5.41, 5.74) is 6.28. The highest BCUT2D eigenvalue weighted by Gasteiger charge is 2.21. The van der Waals surface area contributed by atoms with Crippen LogP contribution in [-0.4, -0.2) is 26.9 Å². The minimum absolute atomic E-state index is 0.540. The second-order valence-electron chi connectivity index (χ2n) is 8.62. The number of aromatic nitrogens is 4. The Kier molecular flexibility index (Phi) is 4.83. The number of fused-ring (bicyclic) bond motifs is 3. The van der Waals surface area contributed by atoms with Crippen molar-refractivity contribution in [1.82, 2.24) is 19.7 Å². The molecule has 2 aromatic carbocycles. The van der Waals surface area contributed by atoms with E-state index >= 15 is 0 Å². The number of methoxy groups -OCH3 is 1. The Bertz CT molecular complexity index is 1540. The molecule has 6 heteroatoms. The number of nitrogens with zero attached hydrogens (tertiary/aromatic N) is 5. The maximum absolute atomic E-state index is 9.47. The van der Waals surface area contributed by atoms with Gasteiger partial charge >= 0.3 is 0 Å². The molecule has 0 saturated carbocycles. The van der Waals surface area contributed by atoms with Gasteiger partial charge in [-0.25, -0.2) is 4.98 Å². The monoisotopic (exact) mass is 433 g/mol. The van der Waals surface area contributed by atoms with Crippen molar-refractivity contribution in [3.8, 4) is 34.3 Å². The van der Waals surface area contributed by atoms with E-state index in [4.69, 9.17) is 9.84 Å². The highest BCUT2D eigenvalue weighted by atomic mass is 16.5. The molecule has 0 spiro atoms. The molecule has 0 aliphatic carbocycles. The first-order chi connectivity index (χ1) is 15.9. The molecule has 0 unspecified atom stereocenters. The van der Waals surface area contributed by atoms with E-state index in [1.807, 2.05) is 74.2 Å². The Labute approximate surface area is 192 Å². The van der Waals surface area contributed by atoms with Gasteiger partial charge in [0.25, 0.3) is 0 Å². The van der Waals surface area contributed by atoms with Crippen molar-refractivity contribution >= 4 is 21.8 Å². The zero-order valence-corrected chi connectivity index (χ0v) is 19.0. The average Bonchev–Trinajstić information content (AvgIpc) is 3.20. The van der Waals surface area contributed by atoms with E-state index in [1.165, 1.54) is 0 Å². The number of hydrogen-bond donors (Lipinski definition) is 0. The van der Waals surface area contributed by atoms with Crippen LogP contribution in [0.25, 0.3) is 44.2 Å². The van der Waals surface area contributed by atoms with Gasteiger partial charge in [0, 0.05) is 35.6 Å². The Morgan fingerprint density at radius 2 is 1.67 bits per heavy atom. The number of nitriles is 1. The lowest BCUT2D eigenvalue weighted by Gasteiger charge is -2.15. The van der Waals surface area contributed by atoms with Gasteiger partial charge in [-0.05, 0) is 48.7 Å². The zero-order valence-electron chi connectivity index (χ0n) is 19.0. The van der Waals surface area contributed by atoms with Crippen LogP contribution in [0.15, 0.2) is 67.0 Å². The Balaban J connectivity index is 1.72. The molecule has 0 fully saturated rings. The third kappa shape index (κ3) is 3.48. The maximum atomic E-state index is 9.47. The third-order valence-corrected chi connectivity index (χ3v) is 6.12. The summed E-state index contributed by atoms with van der Waals surface area (Å²) < 4.78 is 7.17. The first-order valence-corrected chi connectivity index (χ1v) is 10.7. The summed E-state index contributed by atoms with van der Waals surface area (Å²) in [5, 5.41) is 16.4. The second kappa shape index (κ2) is 7.72. The standard InChI is InChI=1S/C27H23N5O/c1-27(2,16-28)20-8-5-17(6-9-20)26-25-21-13-18(19-11-12-29-24(14-19)33-4)7-10-22(21)30-15-23(25)32(3)31-26/h5-15H,1-4H3. The van der Waals surface area contributed by atoms with Crippen LogP contribution in [0.3, 0.4) is 0 Å². The lowest BCUT2D eigenvalue weighted by Crippen LogP contribution is -2.13. The Morgan fingerprint density at radius 1 is 0.939 bits per heavy atom. The SMILES string of the molecule is COc1cc(-c2ccc3ncc4c(c(-c5ccc(C(C)(C)C#N)cc5)nn4C)c3c2)ccn1. The minimum Gasteiger partial charge on any atom is -0.481 e. The van der Waals surface area contributed by atoms with Gasteiger partial charge in [-0.3, -0.25) is 9.67 Å². The van der Waals surface area contributed by atoms with E-state index in [0.29, 0.717) is 5.88 Å². The zero-order chi connectivity index (χ0) is 23.2. The molecule has 0 saturated heterocycles. The van der Waals surface area contributed by atoms with Crippen molar-refractivity contribution in [1.29, 1.82) is 5.26 Å². The fourth-order valence-electron chi connectivity index (χ4n) is 4.12. The number of rotatable bonds is 4. The minimum atomic E-state index is -0.540. The summed E-state index contributed by atoms with van der Waals surface area (Å²) >= 11 is 0. The number of ether oxygens (including phenoxy) is 1. The lowest BCUT2D eigenvalue weighted by atomic mass is 9.86. The summed E-state index contributed by atoms with van der Waals surface area (Å²) in [4.78, 5) is 8.88. The second-order valence-corrected chi connectivity index (χ2v) is 8.62. The van der Waals surface area contributed by atoms with Crippen molar-refractivity contribution in [3.05, 3.63) is 72.6 Å². The molecule has 0 atom stereocenters. The van der Waals surface area contributed by atoms with Gasteiger partial charge in [0.15, 0.2) is 0 Å². The molecule has 33 heavy (non-hydrogen) atoms. The molecule has 6 nitrogen and oxygen atoms in total.